The first-order valence-electron chi connectivity index (χ1n) is 11.0. The van der Waals surface area contributed by atoms with Crippen molar-refractivity contribution in [3.63, 3.8) is 0 Å². The van der Waals surface area contributed by atoms with Crippen LogP contribution in [0, 0.1) is 13.8 Å². The molecule has 1 N–H and O–H groups in total. The second kappa shape index (κ2) is 9.91. The number of methoxy groups -OCH3 is 1. The number of likely N-dealkylation sites (tertiary alicyclic amines) is 1. The van der Waals surface area contributed by atoms with Gasteiger partial charge in [0, 0.05) is 19.6 Å². The number of hydrogen-bond donors (Lipinski definition) is 1. The van der Waals surface area contributed by atoms with Crippen LogP contribution in [0.4, 0.5) is 0 Å². The number of nitrogens with one attached hydrogen (secondary N) is 1. The summed E-state index contributed by atoms with van der Waals surface area (Å²) in [6.07, 6.45) is 3.12. The second-order valence-corrected chi connectivity index (χ2v) is 8.40. The second-order valence-electron chi connectivity index (χ2n) is 8.40. The Bertz CT molecular complexity index is 1040. The van der Waals surface area contributed by atoms with E-state index in [0.29, 0.717) is 26.1 Å². The van der Waals surface area contributed by atoms with Gasteiger partial charge in [-0.05, 0) is 65.4 Å². The minimum Gasteiger partial charge on any atom is -0.496 e. The Hall–Kier alpha value is -3.26. The summed E-state index contributed by atoms with van der Waals surface area (Å²) in [4.78, 5) is 15.4. The maximum atomic E-state index is 13.2. The van der Waals surface area contributed by atoms with Gasteiger partial charge in [0.2, 0.25) is 5.91 Å². The highest BCUT2D eigenvalue weighted by atomic mass is 16.5. The predicted octanol–water partition coefficient (Wildman–Crippen LogP) is 2.47. The third-order valence-corrected chi connectivity index (χ3v) is 6.21. The number of rotatable bonds is 8. The summed E-state index contributed by atoms with van der Waals surface area (Å²) in [5.74, 6) is 0.939. The third-order valence-electron chi connectivity index (χ3n) is 6.21. The predicted molar refractivity (Wildman–Crippen MR) is 121 cm³/mol. The molecule has 3 aromatic rings. The van der Waals surface area contributed by atoms with Crippen molar-refractivity contribution in [3.8, 4) is 5.75 Å². The zero-order chi connectivity index (χ0) is 22.5. The molecule has 0 unspecified atom stereocenters. The van der Waals surface area contributed by atoms with Crippen LogP contribution in [-0.4, -0.2) is 57.3 Å². The van der Waals surface area contributed by atoms with E-state index in [1.54, 1.807) is 18.1 Å². The molecule has 1 aromatic heterocycles. The highest BCUT2D eigenvalue weighted by Gasteiger charge is 2.38. The Morgan fingerprint density at radius 3 is 2.72 bits per heavy atom. The number of nitrogens with zero attached hydrogens (tertiary/aromatic N) is 5. The number of ether oxygens (including phenoxy) is 1. The van der Waals surface area contributed by atoms with Crippen LogP contribution < -0.4 is 10.1 Å². The smallest absolute Gasteiger partial charge is 0.237 e. The Morgan fingerprint density at radius 1 is 1.19 bits per heavy atom. The Balaban J connectivity index is 1.47. The van der Waals surface area contributed by atoms with Crippen molar-refractivity contribution in [1.29, 1.82) is 0 Å². The molecular formula is C24H30N6O2. The van der Waals surface area contributed by atoms with Crippen LogP contribution >= 0.6 is 0 Å². The number of hydrogen-bond acceptors (Lipinski definition) is 6. The van der Waals surface area contributed by atoms with E-state index in [1.807, 2.05) is 25.1 Å². The quantitative estimate of drug-likeness (QED) is 0.586. The molecule has 0 radical (unpaired) electrons. The molecule has 4 rings (SSSR count). The highest BCUT2D eigenvalue weighted by molar-refractivity contribution is 5.82. The maximum absolute atomic E-state index is 13.2. The molecule has 8 heteroatoms. The van der Waals surface area contributed by atoms with Crippen molar-refractivity contribution in [1.82, 2.24) is 30.4 Å². The zero-order valence-corrected chi connectivity index (χ0v) is 18.9. The first kappa shape index (κ1) is 22.0. The summed E-state index contributed by atoms with van der Waals surface area (Å²) < 4.78 is 7.21. The van der Waals surface area contributed by atoms with Crippen LogP contribution in [0.3, 0.4) is 0 Å². The van der Waals surface area contributed by atoms with Crippen LogP contribution in [-0.2, 0) is 17.8 Å². The molecule has 1 saturated heterocycles. The summed E-state index contributed by atoms with van der Waals surface area (Å²) in [6.45, 7) is 6.15. The fourth-order valence-electron chi connectivity index (χ4n) is 4.41. The minimum absolute atomic E-state index is 0.0550. The molecule has 8 nitrogen and oxygen atoms in total. The van der Waals surface area contributed by atoms with Crippen molar-refractivity contribution in [3.05, 3.63) is 71.0 Å². The fourth-order valence-corrected chi connectivity index (χ4v) is 4.41. The van der Waals surface area contributed by atoms with Crippen molar-refractivity contribution >= 4 is 5.91 Å². The lowest BCUT2D eigenvalue weighted by Gasteiger charge is -2.25. The van der Waals surface area contributed by atoms with Gasteiger partial charge in [0.05, 0.1) is 19.2 Å². The molecular weight excluding hydrogens is 404 g/mol. The average Bonchev–Trinajstić information content (AvgIpc) is 3.47. The average molecular weight is 435 g/mol. The normalized spacial score (nSPS) is 18.6. The highest BCUT2D eigenvalue weighted by Crippen LogP contribution is 2.30. The largest absolute Gasteiger partial charge is 0.496 e. The molecule has 0 bridgehead atoms. The maximum Gasteiger partial charge on any atom is 0.237 e. The summed E-state index contributed by atoms with van der Waals surface area (Å²) in [5, 5.41) is 14.8. The van der Waals surface area contributed by atoms with Crippen LogP contribution in [0.25, 0.3) is 0 Å². The lowest BCUT2D eigenvalue weighted by Crippen LogP contribution is -2.43. The van der Waals surface area contributed by atoms with Crippen LogP contribution in [0.5, 0.6) is 5.75 Å². The van der Waals surface area contributed by atoms with E-state index in [0.717, 1.165) is 23.3 Å². The number of benzene rings is 2. The van der Waals surface area contributed by atoms with E-state index in [9.17, 15) is 4.79 Å². The number of aromatic nitrogens is 4. The Kier molecular flexibility index (Phi) is 6.80. The molecule has 1 amide bonds. The van der Waals surface area contributed by atoms with E-state index < -0.39 is 0 Å². The summed E-state index contributed by atoms with van der Waals surface area (Å²) >= 11 is 0. The Morgan fingerprint density at radius 2 is 2.00 bits per heavy atom. The van der Waals surface area contributed by atoms with Crippen molar-refractivity contribution in [2.24, 2.45) is 0 Å². The number of carbonyl (C=O) groups excluding carboxylic acids is 1. The van der Waals surface area contributed by atoms with Crippen molar-refractivity contribution in [2.75, 3.05) is 20.2 Å². The number of carbonyl (C=O) groups is 1. The zero-order valence-electron chi connectivity index (χ0n) is 18.9. The molecule has 1 aliphatic heterocycles. The minimum atomic E-state index is -0.234. The molecule has 2 atom stereocenters. The van der Waals surface area contributed by atoms with E-state index >= 15 is 0 Å². The van der Waals surface area contributed by atoms with Gasteiger partial charge in [-0.2, -0.15) is 0 Å². The standard InChI is InChI=1S/C24H30N6O2/c1-17-12-23(32-3)18(2)11-20(17)14-29-15-21(30-16-26-27-28-30)13-22(29)24(31)25-10-9-19-7-5-4-6-8-19/h4-8,11-12,16,21-22H,9-10,13-15H2,1-3H3,(H,25,31)/t21-,22+/m1/s1. The monoisotopic (exact) mass is 434 g/mol. The molecule has 168 valence electrons. The number of tetrazole rings is 1. The van der Waals surface area contributed by atoms with Gasteiger partial charge in [-0.15, -0.1) is 5.10 Å². The molecule has 2 heterocycles. The fraction of sp³-hybridized carbons (Fsp3) is 0.417. The topological polar surface area (TPSA) is 85.2 Å². The van der Waals surface area contributed by atoms with Gasteiger partial charge in [0.15, 0.2) is 0 Å². The van der Waals surface area contributed by atoms with E-state index in [2.05, 4.69) is 56.9 Å². The third kappa shape index (κ3) is 4.96. The molecule has 0 aliphatic carbocycles. The number of aryl methyl sites for hydroxylation is 2. The van der Waals surface area contributed by atoms with Crippen LogP contribution in [0.1, 0.15) is 34.7 Å². The van der Waals surface area contributed by atoms with E-state index in [4.69, 9.17) is 4.74 Å². The Labute approximate surface area is 188 Å². The SMILES string of the molecule is COc1cc(C)c(CN2C[C@H](n3cnnn3)C[C@H]2C(=O)NCCc2ccccc2)cc1C. The van der Waals surface area contributed by atoms with Gasteiger partial charge in [-0.1, -0.05) is 36.4 Å². The van der Waals surface area contributed by atoms with Crippen LogP contribution in [0.2, 0.25) is 0 Å². The van der Waals surface area contributed by atoms with Gasteiger partial charge >= 0.3 is 0 Å². The first-order valence-corrected chi connectivity index (χ1v) is 11.0. The van der Waals surface area contributed by atoms with Gasteiger partial charge in [-0.3, -0.25) is 9.69 Å². The van der Waals surface area contributed by atoms with Crippen LogP contribution in [0.15, 0.2) is 48.8 Å². The van der Waals surface area contributed by atoms with E-state index in [1.165, 1.54) is 11.1 Å². The molecule has 2 aromatic carbocycles. The summed E-state index contributed by atoms with van der Waals surface area (Å²) in [6, 6.07) is 14.2. The molecule has 32 heavy (non-hydrogen) atoms. The number of amides is 1. The molecule has 0 saturated carbocycles. The van der Waals surface area contributed by atoms with Crippen molar-refractivity contribution in [2.45, 2.75) is 45.3 Å². The lowest BCUT2D eigenvalue weighted by molar-refractivity contribution is -0.125. The van der Waals surface area contributed by atoms with Crippen molar-refractivity contribution < 1.29 is 9.53 Å². The first-order chi connectivity index (χ1) is 15.5. The van der Waals surface area contributed by atoms with E-state index in [-0.39, 0.29) is 18.0 Å². The molecule has 0 spiro atoms. The van der Waals surface area contributed by atoms with Gasteiger partial charge in [-0.25, -0.2) is 4.68 Å². The molecule has 1 aliphatic rings. The van der Waals surface area contributed by atoms with Gasteiger partial charge in [0.25, 0.3) is 0 Å². The molecule has 1 fully saturated rings. The van der Waals surface area contributed by atoms with Gasteiger partial charge in [0.1, 0.15) is 12.1 Å². The summed E-state index contributed by atoms with van der Waals surface area (Å²) in [7, 11) is 1.69. The lowest BCUT2D eigenvalue weighted by atomic mass is 10.0. The van der Waals surface area contributed by atoms with Gasteiger partial charge < -0.3 is 10.1 Å². The summed E-state index contributed by atoms with van der Waals surface area (Å²) in [5.41, 5.74) is 4.66.